The summed E-state index contributed by atoms with van der Waals surface area (Å²) in [5, 5.41) is 9.08. The third-order valence-corrected chi connectivity index (χ3v) is 4.73. The van der Waals surface area contributed by atoms with Gasteiger partial charge in [0.1, 0.15) is 5.82 Å². The second-order valence-corrected chi connectivity index (χ2v) is 6.22. The zero-order chi connectivity index (χ0) is 17.4. The van der Waals surface area contributed by atoms with Crippen molar-refractivity contribution in [2.75, 3.05) is 18.0 Å². The van der Waals surface area contributed by atoms with Gasteiger partial charge in [-0.05, 0) is 37.1 Å². The average molecular weight is 338 g/mol. The van der Waals surface area contributed by atoms with Crippen molar-refractivity contribution in [3.63, 3.8) is 0 Å². The number of rotatable bonds is 3. The number of aromatic nitrogens is 3. The largest absolute Gasteiger partial charge is 0.477 e. The minimum Gasteiger partial charge on any atom is -0.477 e. The van der Waals surface area contributed by atoms with Crippen LogP contribution in [0.1, 0.15) is 29.4 Å². The summed E-state index contributed by atoms with van der Waals surface area (Å²) in [6.07, 6.45) is 1.61. The monoisotopic (exact) mass is 338 g/mol. The van der Waals surface area contributed by atoms with Crippen LogP contribution in [0, 0.1) is 0 Å². The van der Waals surface area contributed by atoms with Gasteiger partial charge in [0.2, 0.25) is 0 Å². The van der Waals surface area contributed by atoms with E-state index in [4.69, 9.17) is 5.11 Å². The van der Waals surface area contributed by atoms with Crippen molar-refractivity contribution >= 4 is 22.8 Å². The number of nitrogens with one attached hydrogen (secondary N) is 1. The van der Waals surface area contributed by atoms with Crippen LogP contribution in [0.15, 0.2) is 47.3 Å². The second-order valence-electron chi connectivity index (χ2n) is 6.22. The lowest BCUT2D eigenvalue weighted by Gasteiger charge is -2.33. The van der Waals surface area contributed by atoms with E-state index in [2.05, 4.69) is 14.9 Å². The standard InChI is InChI=1S/C18H18N4O3/c23-17(24)14-5-3-7-16(19-14)21-10-8-12(9-11-21)22-15-6-2-1-4-13(15)20-18(22)25/h1-7,12H,8-11H2,(H,20,25)(H,23,24). The van der Waals surface area contributed by atoms with Crippen LogP contribution in [0.5, 0.6) is 0 Å². The Labute approximate surface area is 143 Å². The molecule has 1 aliphatic rings. The summed E-state index contributed by atoms with van der Waals surface area (Å²) in [5.41, 5.74) is 1.75. The van der Waals surface area contributed by atoms with Crippen LogP contribution in [0.2, 0.25) is 0 Å². The maximum Gasteiger partial charge on any atom is 0.354 e. The average Bonchev–Trinajstić information content (AvgIpc) is 2.97. The molecule has 1 saturated heterocycles. The molecular formula is C18H18N4O3. The zero-order valence-corrected chi connectivity index (χ0v) is 13.6. The quantitative estimate of drug-likeness (QED) is 0.764. The highest BCUT2D eigenvalue weighted by atomic mass is 16.4. The number of benzene rings is 1. The highest BCUT2D eigenvalue weighted by Crippen LogP contribution is 2.27. The Morgan fingerprint density at radius 3 is 2.64 bits per heavy atom. The molecule has 25 heavy (non-hydrogen) atoms. The lowest BCUT2D eigenvalue weighted by atomic mass is 10.0. The van der Waals surface area contributed by atoms with Crippen LogP contribution in [-0.4, -0.2) is 38.7 Å². The maximum absolute atomic E-state index is 12.3. The number of anilines is 1. The SMILES string of the molecule is O=C(O)c1cccc(N2CCC(n3c(=O)[nH]c4ccccc43)CC2)n1. The van der Waals surface area contributed by atoms with Gasteiger partial charge in [-0.2, -0.15) is 0 Å². The minimum atomic E-state index is -1.03. The number of piperidine rings is 1. The van der Waals surface area contributed by atoms with Crippen LogP contribution in [-0.2, 0) is 0 Å². The molecule has 1 aromatic carbocycles. The van der Waals surface area contributed by atoms with E-state index in [1.807, 2.05) is 34.9 Å². The Morgan fingerprint density at radius 2 is 1.88 bits per heavy atom. The molecule has 0 bridgehead atoms. The first-order chi connectivity index (χ1) is 12.1. The van der Waals surface area contributed by atoms with Crippen LogP contribution in [0.25, 0.3) is 11.0 Å². The number of carboxylic acid groups (broad SMARTS) is 1. The topological polar surface area (TPSA) is 91.2 Å². The van der Waals surface area contributed by atoms with Crippen molar-refractivity contribution in [1.29, 1.82) is 0 Å². The van der Waals surface area contributed by atoms with Crippen molar-refractivity contribution < 1.29 is 9.90 Å². The predicted molar refractivity (Wildman–Crippen MR) is 94.2 cm³/mol. The summed E-state index contributed by atoms with van der Waals surface area (Å²) < 4.78 is 1.84. The minimum absolute atomic E-state index is 0.0486. The van der Waals surface area contributed by atoms with Crippen molar-refractivity contribution in [3.05, 3.63) is 58.6 Å². The van der Waals surface area contributed by atoms with Gasteiger partial charge in [-0.15, -0.1) is 0 Å². The Balaban J connectivity index is 1.55. The molecule has 0 radical (unpaired) electrons. The number of carboxylic acids is 1. The Bertz CT molecular complexity index is 983. The molecule has 0 amide bonds. The van der Waals surface area contributed by atoms with Crippen molar-refractivity contribution in [2.24, 2.45) is 0 Å². The van der Waals surface area contributed by atoms with E-state index in [9.17, 15) is 9.59 Å². The number of aromatic amines is 1. The van der Waals surface area contributed by atoms with Gasteiger partial charge in [-0.3, -0.25) is 4.57 Å². The molecule has 2 aromatic heterocycles. The number of carbonyl (C=O) groups is 1. The van der Waals surface area contributed by atoms with Crippen LogP contribution in [0.4, 0.5) is 5.82 Å². The molecule has 0 atom stereocenters. The molecule has 7 heteroatoms. The van der Waals surface area contributed by atoms with Crippen LogP contribution < -0.4 is 10.6 Å². The van der Waals surface area contributed by atoms with Gasteiger partial charge >= 0.3 is 11.7 Å². The van der Waals surface area contributed by atoms with Gasteiger partial charge in [0.25, 0.3) is 0 Å². The Hall–Kier alpha value is -3.09. The van der Waals surface area contributed by atoms with Crippen molar-refractivity contribution in [3.8, 4) is 0 Å². The van der Waals surface area contributed by atoms with E-state index in [0.717, 1.165) is 37.0 Å². The first-order valence-electron chi connectivity index (χ1n) is 8.28. The van der Waals surface area contributed by atoms with E-state index in [0.29, 0.717) is 5.82 Å². The molecule has 0 saturated carbocycles. The van der Waals surface area contributed by atoms with Crippen molar-refractivity contribution in [1.82, 2.24) is 14.5 Å². The molecule has 3 aromatic rings. The van der Waals surface area contributed by atoms with Crippen LogP contribution >= 0.6 is 0 Å². The summed E-state index contributed by atoms with van der Waals surface area (Å²) >= 11 is 0. The first kappa shape index (κ1) is 15.4. The van der Waals surface area contributed by atoms with E-state index in [-0.39, 0.29) is 17.4 Å². The third kappa shape index (κ3) is 2.77. The first-order valence-corrected chi connectivity index (χ1v) is 8.28. The molecule has 1 aliphatic heterocycles. The smallest absolute Gasteiger partial charge is 0.354 e. The summed E-state index contributed by atoms with van der Waals surface area (Å²) in [6, 6.07) is 12.9. The summed E-state index contributed by atoms with van der Waals surface area (Å²) in [4.78, 5) is 32.6. The summed E-state index contributed by atoms with van der Waals surface area (Å²) in [7, 11) is 0. The number of hydrogen-bond donors (Lipinski definition) is 2. The summed E-state index contributed by atoms with van der Waals surface area (Å²) in [5.74, 6) is -0.355. The number of nitrogens with zero attached hydrogens (tertiary/aromatic N) is 3. The number of fused-ring (bicyclic) bond motifs is 1. The fourth-order valence-corrected chi connectivity index (χ4v) is 3.51. The molecule has 128 valence electrons. The van der Waals surface area contributed by atoms with Crippen LogP contribution in [0.3, 0.4) is 0 Å². The maximum atomic E-state index is 12.3. The van der Waals surface area contributed by atoms with Crippen molar-refractivity contribution in [2.45, 2.75) is 18.9 Å². The predicted octanol–water partition coefficient (Wildman–Crippen LogP) is 2.26. The van der Waals surface area contributed by atoms with Gasteiger partial charge < -0.3 is 15.0 Å². The van der Waals surface area contributed by atoms with E-state index in [1.165, 1.54) is 6.07 Å². The fraction of sp³-hybridized carbons (Fsp3) is 0.278. The molecule has 7 nitrogen and oxygen atoms in total. The van der Waals surface area contributed by atoms with Gasteiger partial charge in [-0.25, -0.2) is 14.6 Å². The molecule has 4 rings (SSSR count). The molecule has 0 unspecified atom stereocenters. The zero-order valence-electron chi connectivity index (χ0n) is 13.6. The number of H-pyrrole nitrogens is 1. The van der Waals surface area contributed by atoms with Gasteiger partial charge in [0.05, 0.1) is 11.0 Å². The molecule has 2 N–H and O–H groups in total. The van der Waals surface area contributed by atoms with E-state index in [1.54, 1.807) is 6.07 Å². The second kappa shape index (κ2) is 6.08. The normalized spacial score (nSPS) is 15.6. The highest BCUT2D eigenvalue weighted by molar-refractivity contribution is 5.85. The number of hydrogen-bond acceptors (Lipinski definition) is 4. The number of pyridine rings is 1. The number of aromatic carboxylic acids is 1. The highest BCUT2D eigenvalue weighted by Gasteiger charge is 2.24. The van der Waals surface area contributed by atoms with E-state index >= 15 is 0 Å². The molecule has 1 fully saturated rings. The van der Waals surface area contributed by atoms with Gasteiger partial charge in [0.15, 0.2) is 5.69 Å². The van der Waals surface area contributed by atoms with Gasteiger partial charge in [-0.1, -0.05) is 18.2 Å². The lowest BCUT2D eigenvalue weighted by molar-refractivity contribution is 0.0690. The van der Waals surface area contributed by atoms with Gasteiger partial charge in [0, 0.05) is 19.1 Å². The fourth-order valence-electron chi connectivity index (χ4n) is 3.51. The number of imidazole rings is 1. The van der Waals surface area contributed by atoms with E-state index < -0.39 is 5.97 Å². The Morgan fingerprint density at radius 1 is 1.12 bits per heavy atom. The summed E-state index contributed by atoms with van der Waals surface area (Å²) in [6.45, 7) is 1.46. The third-order valence-electron chi connectivity index (χ3n) is 4.73. The Kier molecular flexibility index (Phi) is 3.76. The number of para-hydroxylation sites is 2. The molecular weight excluding hydrogens is 320 g/mol. The molecule has 0 aliphatic carbocycles. The molecule has 3 heterocycles. The lowest BCUT2D eigenvalue weighted by Crippen LogP contribution is -2.37. The molecule has 0 spiro atoms.